The molecule has 12 heteroatoms. The number of rotatable bonds is 13. The molecule has 0 aliphatic carbocycles. The predicted molar refractivity (Wildman–Crippen MR) is 139 cm³/mol. The molecule has 0 radical (unpaired) electrons. The highest BCUT2D eigenvalue weighted by Gasteiger charge is 2.30. The first-order valence-electron chi connectivity index (χ1n) is 11.5. The maximum atomic E-state index is 13.1. The number of nitrogens with two attached hydrogens (primary N) is 1. The van der Waals surface area contributed by atoms with E-state index in [4.69, 9.17) is 5.73 Å². The Morgan fingerprint density at radius 3 is 1.84 bits per heavy atom. The monoisotopic (exact) mass is 532 g/mol. The predicted octanol–water partition coefficient (Wildman–Crippen LogP) is -0.646. The van der Waals surface area contributed by atoms with E-state index in [1.807, 2.05) is 0 Å². The van der Waals surface area contributed by atoms with E-state index in [-0.39, 0.29) is 24.3 Å². The smallest absolute Gasteiger partial charge is 0.326 e. The highest BCUT2D eigenvalue weighted by molar-refractivity contribution is 7.80. The Hall–Kier alpha value is -3.61. The second-order valence-corrected chi connectivity index (χ2v) is 8.90. The molecule has 11 nitrogen and oxygen atoms in total. The van der Waals surface area contributed by atoms with Gasteiger partial charge in [0, 0.05) is 18.6 Å². The molecule has 3 amide bonds. The Morgan fingerprint density at radius 2 is 1.30 bits per heavy atom. The number of amides is 3. The van der Waals surface area contributed by atoms with E-state index in [0.29, 0.717) is 5.56 Å². The van der Waals surface area contributed by atoms with E-state index in [0.717, 1.165) is 5.56 Å². The summed E-state index contributed by atoms with van der Waals surface area (Å²) in [5.74, 6) is -3.66. The summed E-state index contributed by atoms with van der Waals surface area (Å²) in [6.45, 7) is 1.34. The van der Waals surface area contributed by atoms with Crippen molar-refractivity contribution in [1.82, 2.24) is 16.0 Å². The molecule has 0 heterocycles. The van der Waals surface area contributed by atoms with E-state index < -0.39 is 54.0 Å². The number of aliphatic hydroxyl groups excluding tert-OH is 1. The Kier molecular flexibility index (Phi) is 11.4. The van der Waals surface area contributed by atoms with Crippen LogP contribution in [-0.2, 0) is 32.0 Å². The van der Waals surface area contributed by atoms with Gasteiger partial charge in [-0.05, 0) is 30.2 Å². The number of carbonyl (C=O) groups is 4. The van der Waals surface area contributed by atoms with Gasteiger partial charge in [0.1, 0.15) is 29.9 Å². The summed E-state index contributed by atoms with van der Waals surface area (Å²) in [6, 6.07) is 9.76. The molecule has 5 atom stereocenters. The number of carboxylic acid groups (broad SMARTS) is 1. The normalized spacial score (nSPS) is 14.9. The summed E-state index contributed by atoms with van der Waals surface area (Å²) < 4.78 is 0. The summed E-state index contributed by atoms with van der Waals surface area (Å²) in [7, 11) is 0. The van der Waals surface area contributed by atoms with Crippen LogP contribution < -0.4 is 21.7 Å². The molecule has 0 aromatic heterocycles. The first-order valence-corrected chi connectivity index (χ1v) is 12.1. The van der Waals surface area contributed by atoms with Gasteiger partial charge in [-0.2, -0.15) is 12.6 Å². The van der Waals surface area contributed by atoms with Gasteiger partial charge in [-0.25, -0.2) is 4.79 Å². The number of benzene rings is 2. The van der Waals surface area contributed by atoms with Crippen molar-refractivity contribution in [1.29, 1.82) is 0 Å². The van der Waals surface area contributed by atoms with Crippen molar-refractivity contribution in [2.24, 2.45) is 5.73 Å². The van der Waals surface area contributed by atoms with Gasteiger partial charge in [-0.15, -0.1) is 0 Å². The molecule has 200 valence electrons. The van der Waals surface area contributed by atoms with Crippen LogP contribution in [0.3, 0.4) is 0 Å². The summed E-state index contributed by atoms with van der Waals surface area (Å²) >= 11 is 4.12. The van der Waals surface area contributed by atoms with Crippen LogP contribution in [0.5, 0.6) is 5.75 Å². The maximum absolute atomic E-state index is 13.1. The highest BCUT2D eigenvalue weighted by atomic mass is 32.1. The molecule has 0 saturated heterocycles. The number of aliphatic hydroxyl groups is 1. The maximum Gasteiger partial charge on any atom is 0.326 e. The van der Waals surface area contributed by atoms with E-state index in [9.17, 15) is 34.5 Å². The van der Waals surface area contributed by atoms with E-state index in [1.165, 1.54) is 31.2 Å². The van der Waals surface area contributed by atoms with E-state index in [1.54, 1.807) is 30.3 Å². The lowest BCUT2D eigenvalue weighted by Gasteiger charge is -2.25. The van der Waals surface area contributed by atoms with Gasteiger partial charge < -0.3 is 37.0 Å². The molecular formula is C25H32N4O7S. The molecule has 0 spiro atoms. The number of carbonyl (C=O) groups excluding carboxylic acids is 3. The summed E-state index contributed by atoms with van der Waals surface area (Å²) in [5, 5.41) is 36.0. The van der Waals surface area contributed by atoms with Crippen molar-refractivity contribution in [3.05, 3.63) is 65.7 Å². The summed E-state index contributed by atoms with van der Waals surface area (Å²) in [4.78, 5) is 50.1. The lowest BCUT2D eigenvalue weighted by molar-refractivity contribution is -0.142. The fraction of sp³-hybridized carbons (Fsp3) is 0.360. The fourth-order valence-electron chi connectivity index (χ4n) is 3.35. The summed E-state index contributed by atoms with van der Waals surface area (Å²) in [5.41, 5.74) is 6.98. The minimum absolute atomic E-state index is 0.0176. The molecule has 0 aliphatic rings. The molecule has 2 rings (SSSR count). The topological polar surface area (TPSA) is 191 Å². The number of nitrogens with one attached hydrogen (secondary N) is 3. The van der Waals surface area contributed by atoms with Crippen LogP contribution in [-0.4, -0.2) is 75.0 Å². The minimum Gasteiger partial charge on any atom is -0.508 e. The number of phenolic OH excluding ortho intramolecular Hbond substituents is 1. The third kappa shape index (κ3) is 9.41. The van der Waals surface area contributed by atoms with Crippen molar-refractivity contribution in [3.63, 3.8) is 0 Å². The number of hydrogen-bond donors (Lipinski definition) is 8. The Balaban J connectivity index is 2.13. The standard InChI is InChI=1S/C25H32N4O7S/c1-14(30)21(26)24(34)27-18(11-15-5-3-2-4-6-15)22(32)29-20(13-37)23(33)28-19(25(35)36)12-16-7-9-17(31)10-8-16/h2-10,14,18-21,30-31,37H,11-13,26H2,1H3,(H,27,34)(H,28,33)(H,29,32)(H,35,36). The van der Waals surface area contributed by atoms with Crippen molar-refractivity contribution >= 4 is 36.3 Å². The van der Waals surface area contributed by atoms with Crippen LogP contribution in [0.2, 0.25) is 0 Å². The number of hydrogen-bond acceptors (Lipinski definition) is 8. The van der Waals surface area contributed by atoms with Gasteiger partial charge >= 0.3 is 5.97 Å². The van der Waals surface area contributed by atoms with Crippen LogP contribution in [0.1, 0.15) is 18.1 Å². The Bertz CT molecular complexity index is 1070. The van der Waals surface area contributed by atoms with Crippen molar-refractivity contribution in [3.8, 4) is 5.75 Å². The zero-order valence-corrected chi connectivity index (χ0v) is 21.1. The second kappa shape index (κ2) is 14.2. The largest absolute Gasteiger partial charge is 0.508 e. The SMILES string of the molecule is CC(O)C(N)C(=O)NC(Cc1ccccc1)C(=O)NC(CS)C(=O)NC(Cc1ccc(O)cc1)C(=O)O. The zero-order valence-electron chi connectivity index (χ0n) is 20.2. The third-order valence-electron chi connectivity index (χ3n) is 5.54. The lowest BCUT2D eigenvalue weighted by atomic mass is 10.0. The first kappa shape index (κ1) is 29.6. The van der Waals surface area contributed by atoms with Gasteiger partial charge in [0.2, 0.25) is 17.7 Å². The van der Waals surface area contributed by atoms with E-state index >= 15 is 0 Å². The molecule has 2 aromatic rings. The molecule has 2 aromatic carbocycles. The van der Waals surface area contributed by atoms with E-state index in [2.05, 4.69) is 28.6 Å². The van der Waals surface area contributed by atoms with Crippen LogP contribution in [0.15, 0.2) is 54.6 Å². The molecular weight excluding hydrogens is 500 g/mol. The van der Waals surface area contributed by atoms with Gasteiger partial charge in [-0.1, -0.05) is 42.5 Å². The summed E-state index contributed by atoms with van der Waals surface area (Å²) in [6.07, 6.45) is -1.14. The Labute approximate surface area is 219 Å². The number of aliphatic carboxylic acids is 1. The van der Waals surface area contributed by atoms with Crippen LogP contribution in [0.25, 0.3) is 0 Å². The highest BCUT2D eigenvalue weighted by Crippen LogP contribution is 2.12. The average Bonchev–Trinajstić information content (AvgIpc) is 2.87. The fourth-order valence-corrected chi connectivity index (χ4v) is 3.61. The average molecular weight is 533 g/mol. The molecule has 0 fully saturated rings. The molecule has 5 unspecified atom stereocenters. The zero-order chi connectivity index (χ0) is 27.5. The van der Waals surface area contributed by atoms with Gasteiger partial charge in [0.15, 0.2) is 0 Å². The molecule has 0 aliphatic heterocycles. The first-order chi connectivity index (χ1) is 17.5. The van der Waals surface area contributed by atoms with Gasteiger partial charge in [-0.3, -0.25) is 14.4 Å². The van der Waals surface area contributed by atoms with Crippen molar-refractivity contribution in [2.45, 2.75) is 50.0 Å². The van der Waals surface area contributed by atoms with Crippen LogP contribution in [0.4, 0.5) is 0 Å². The third-order valence-corrected chi connectivity index (χ3v) is 5.91. The quantitative estimate of drug-likeness (QED) is 0.156. The van der Waals surface area contributed by atoms with Gasteiger partial charge in [0.25, 0.3) is 0 Å². The number of thiol groups is 1. The second-order valence-electron chi connectivity index (χ2n) is 8.53. The molecule has 8 N–H and O–H groups in total. The molecule has 37 heavy (non-hydrogen) atoms. The van der Waals surface area contributed by atoms with Crippen LogP contribution in [0, 0.1) is 0 Å². The number of aromatic hydroxyl groups is 1. The van der Waals surface area contributed by atoms with Crippen LogP contribution >= 0.6 is 12.6 Å². The number of phenols is 1. The molecule has 0 saturated carbocycles. The van der Waals surface area contributed by atoms with Gasteiger partial charge in [0.05, 0.1) is 6.10 Å². The molecule has 0 bridgehead atoms. The van der Waals surface area contributed by atoms with Crippen molar-refractivity contribution < 1.29 is 34.5 Å². The van der Waals surface area contributed by atoms with Crippen molar-refractivity contribution in [2.75, 3.05) is 5.75 Å². The lowest BCUT2D eigenvalue weighted by Crippen LogP contribution is -2.59. The Morgan fingerprint density at radius 1 is 0.811 bits per heavy atom. The number of carboxylic acids is 1. The minimum atomic E-state index is -1.31.